The van der Waals surface area contributed by atoms with Gasteiger partial charge in [0.15, 0.2) is 5.78 Å². The zero-order chi connectivity index (χ0) is 18.4. The molecule has 0 radical (unpaired) electrons. The molecule has 0 atom stereocenters. The number of Topliss-reactive ketones (excluding diaryl/α,β-unsaturated/α-hetero) is 1. The summed E-state index contributed by atoms with van der Waals surface area (Å²) in [5.41, 5.74) is 2.17. The first-order chi connectivity index (χ1) is 12.6. The van der Waals surface area contributed by atoms with E-state index in [-0.39, 0.29) is 5.78 Å². The molecule has 0 aromatic heterocycles. The van der Waals surface area contributed by atoms with E-state index in [2.05, 4.69) is 17.0 Å². The molecular weight excluding hydrogens is 365 g/mol. The number of hydrogen-bond donors (Lipinski definition) is 0. The molecule has 0 saturated carbocycles. The van der Waals surface area contributed by atoms with Crippen LogP contribution in [-0.2, 0) is 0 Å². The summed E-state index contributed by atoms with van der Waals surface area (Å²) in [5.74, 6) is 0.859. The third kappa shape index (κ3) is 5.57. The van der Waals surface area contributed by atoms with Crippen molar-refractivity contribution in [3.05, 3.63) is 69.7 Å². The van der Waals surface area contributed by atoms with Crippen LogP contribution in [0, 0.1) is 0 Å². The first-order valence-electron chi connectivity index (χ1n) is 9.38. The van der Waals surface area contributed by atoms with Crippen LogP contribution in [0.2, 0.25) is 10.0 Å². The van der Waals surface area contributed by atoms with Gasteiger partial charge in [-0.3, -0.25) is 4.79 Å². The summed E-state index contributed by atoms with van der Waals surface area (Å²) >= 11 is 11.8. The van der Waals surface area contributed by atoms with Crippen molar-refractivity contribution >= 4 is 29.0 Å². The molecule has 0 aliphatic carbocycles. The summed E-state index contributed by atoms with van der Waals surface area (Å²) < 4.78 is 0. The molecule has 0 N–H and O–H groups in total. The Kier molecular flexibility index (Phi) is 7.13. The Labute approximate surface area is 166 Å². The van der Waals surface area contributed by atoms with E-state index in [1.54, 1.807) is 12.1 Å². The molecule has 1 heterocycles. The molecule has 0 unspecified atom stereocenters. The Morgan fingerprint density at radius 2 is 1.46 bits per heavy atom. The van der Waals surface area contributed by atoms with Crippen LogP contribution in [-0.4, -0.2) is 30.3 Å². The van der Waals surface area contributed by atoms with Crippen molar-refractivity contribution in [2.75, 3.05) is 19.6 Å². The summed E-state index contributed by atoms with van der Waals surface area (Å²) in [5, 5.41) is 1.47. The second-order valence-electron chi connectivity index (χ2n) is 7.05. The van der Waals surface area contributed by atoms with E-state index < -0.39 is 0 Å². The van der Waals surface area contributed by atoms with Gasteiger partial charge in [-0.2, -0.15) is 0 Å². The van der Waals surface area contributed by atoms with Gasteiger partial charge < -0.3 is 4.90 Å². The predicted molar refractivity (Wildman–Crippen MR) is 110 cm³/mol. The van der Waals surface area contributed by atoms with E-state index in [9.17, 15) is 4.79 Å². The molecule has 2 nitrogen and oxygen atoms in total. The highest BCUT2D eigenvalue weighted by molar-refractivity contribution is 6.30. The lowest BCUT2D eigenvalue weighted by atomic mass is 9.89. The zero-order valence-electron chi connectivity index (χ0n) is 15.0. The normalized spacial score (nSPS) is 15.9. The minimum Gasteiger partial charge on any atom is -0.303 e. The van der Waals surface area contributed by atoms with Gasteiger partial charge in [-0.15, -0.1) is 0 Å². The minimum atomic E-state index is 0.211. The first kappa shape index (κ1) is 19.4. The van der Waals surface area contributed by atoms with Gasteiger partial charge in [0.05, 0.1) is 0 Å². The third-order valence-corrected chi connectivity index (χ3v) is 5.73. The van der Waals surface area contributed by atoms with E-state index >= 15 is 0 Å². The molecule has 4 heteroatoms. The fourth-order valence-electron chi connectivity index (χ4n) is 3.63. The van der Waals surface area contributed by atoms with Crippen LogP contribution in [0.25, 0.3) is 0 Å². The molecule has 3 rings (SSSR count). The van der Waals surface area contributed by atoms with Gasteiger partial charge in [-0.05, 0) is 93.2 Å². The molecular formula is C22H25Cl2NO. The smallest absolute Gasteiger partial charge is 0.162 e. The number of halogens is 2. The van der Waals surface area contributed by atoms with Crippen LogP contribution in [0.1, 0.15) is 53.9 Å². The summed E-state index contributed by atoms with van der Waals surface area (Å²) in [6.45, 7) is 3.36. The average Bonchev–Trinajstić information content (AvgIpc) is 2.67. The van der Waals surface area contributed by atoms with Crippen LogP contribution in [0.5, 0.6) is 0 Å². The minimum absolute atomic E-state index is 0.211. The van der Waals surface area contributed by atoms with Gasteiger partial charge in [-0.25, -0.2) is 0 Å². The molecule has 0 amide bonds. The zero-order valence-corrected chi connectivity index (χ0v) is 16.5. The summed E-state index contributed by atoms with van der Waals surface area (Å²) in [7, 11) is 0. The first-order valence-corrected chi connectivity index (χ1v) is 10.1. The maximum atomic E-state index is 12.2. The number of nitrogens with zero attached hydrogens (tertiary/aromatic N) is 1. The van der Waals surface area contributed by atoms with Crippen molar-refractivity contribution in [3.8, 4) is 0 Å². The fourth-order valence-corrected chi connectivity index (χ4v) is 3.88. The highest BCUT2D eigenvalue weighted by Gasteiger charge is 2.20. The van der Waals surface area contributed by atoms with Gasteiger partial charge in [0, 0.05) is 22.0 Å². The molecule has 2 aromatic rings. The van der Waals surface area contributed by atoms with Crippen molar-refractivity contribution in [3.63, 3.8) is 0 Å². The van der Waals surface area contributed by atoms with Crippen molar-refractivity contribution in [2.45, 2.75) is 38.0 Å². The maximum absolute atomic E-state index is 12.2. The number of unbranched alkanes of at least 4 members (excludes halogenated alkanes) is 1. The van der Waals surface area contributed by atoms with Crippen molar-refractivity contribution in [1.82, 2.24) is 4.90 Å². The Morgan fingerprint density at radius 1 is 0.885 bits per heavy atom. The lowest BCUT2D eigenvalue weighted by Gasteiger charge is -2.32. The molecule has 1 fully saturated rings. The second-order valence-corrected chi connectivity index (χ2v) is 7.93. The number of carbonyl (C=O) groups excluding carboxylic acids is 1. The van der Waals surface area contributed by atoms with Crippen LogP contribution in [0.3, 0.4) is 0 Å². The Balaban J connectivity index is 1.34. The molecule has 1 saturated heterocycles. The quantitative estimate of drug-likeness (QED) is 0.413. The van der Waals surface area contributed by atoms with Crippen LogP contribution in [0.4, 0.5) is 0 Å². The van der Waals surface area contributed by atoms with E-state index in [1.165, 1.54) is 18.4 Å². The lowest BCUT2D eigenvalue weighted by molar-refractivity contribution is 0.0977. The molecule has 26 heavy (non-hydrogen) atoms. The highest BCUT2D eigenvalue weighted by atomic mass is 35.5. The maximum Gasteiger partial charge on any atom is 0.162 e. The second kappa shape index (κ2) is 9.55. The van der Waals surface area contributed by atoms with Gasteiger partial charge >= 0.3 is 0 Å². The third-order valence-electron chi connectivity index (χ3n) is 5.22. The number of benzene rings is 2. The van der Waals surface area contributed by atoms with Crippen molar-refractivity contribution < 1.29 is 4.79 Å². The Hall–Kier alpha value is -1.35. The molecule has 0 bridgehead atoms. The van der Waals surface area contributed by atoms with Gasteiger partial charge in [-0.1, -0.05) is 35.3 Å². The van der Waals surface area contributed by atoms with E-state index in [0.717, 1.165) is 43.1 Å². The summed E-state index contributed by atoms with van der Waals surface area (Å²) in [4.78, 5) is 14.7. The van der Waals surface area contributed by atoms with Crippen LogP contribution < -0.4 is 0 Å². The number of piperidine rings is 1. The average molecular weight is 390 g/mol. The number of likely N-dealkylation sites (tertiary alicyclic amines) is 1. The van der Waals surface area contributed by atoms with Crippen molar-refractivity contribution in [2.24, 2.45) is 0 Å². The lowest BCUT2D eigenvalue weighted by Crippen LogP contribution is -2.33. The van der Waals surface area contributed by atoms with Gasteiger partial charge in [0.25, 0.3) is 0 Å². The Morgan fingerprint density at radius 3 is 2.08 bits per heavy atom. The molecule has 1 aliphatic rings. The van der Waals surface area contributed by atoms with E-state index in [0.29, 0.717) is 17.4 Å². The molecule has 1 aliphatic heterocycles. The number of carbonyl (C=O) groups is 1. The standard InChI is InChI=1S/C22H25Cl2NO/c23-20-8-4-17(5-9-20)18-12-15-25(16-13-18)14-2-1-3-22(26)19-6-10-21(24)11-7-19/h4-11,18H,1-3,12-16H2. The van der Waals surface area contributed by atoms with Crippen LogP contribution >= 0.6 is 23.2 Å². The molecule has 0 spiro atoms. The topological polar surface area (TPSA) is 20.3 Å². The van der Waals surface area contributed by atoms with Crippen molar-refractivity contribution in [1.29, 1.82) is 0 Å². The van der Waals surface area contributed by atoms with Crippen LogP contribution in [0.15, 0.2) is 48.5 Å². The largest absolute Gasteiger partial charge is 0.303 e. The fraction of sp³-hybridized carbons (Fsp3) is 0.409. The Bertz CT molecular complexity index is 704. The SMILES string of the molecule is O=C(CCCCN1CCC(c2ccc(Cl)cc2)CC1)c1ccc(Cl)cc1. The van der Waals surface area contributed by atoms with E-state index in [4.69, 9.17) is 23.2 Å². The molecule has 2 aromatic carbocycles. The number of hydrogen-bond acceptors (Lipinski definition) is 2. The number of ketones is 1. The molecule has 138 valence electrons. The summed E-state index contributed by atoms with van der Waals surface area (Å²) in [6.07, 6.45) is 5.03. The van der Waals surface area contributed by atoms with E-state index in [1.807, 2.05) is 24.3 Å². The predicted octanol–water partition coefficient (Wildman–Crippen LogP) is 6.23. The highest BCUT2D eigenvalue weighted by Crippen LogP contribution is 2.29. The van der Waals surface area contributed by atoms with Gasteiger partial charge in [0.2, 0.25) is 0 Å². The van der Waals surface area contributed by atoms with Gasteiger partial charge in [0.1, 0.15) is 0 Å². The summed E-state index contributed by atoms with van der Waals surface area (Å²) in [6, 6.07) is 15.5. The number of rotatable bonds is 7. The monoisotopic (exact) mass is 389 g/mol.